The largest absolute Gasteiger partial charge is 0.325 e. The third kappa shape index (κ3) is 4.61. The lowest BCUT2D eigenvalue weighted by molar-refractivity contribution is -0.117. The van der Waals surface area contributed by atoms with Crippen molar-refractivity contribution in [1.29, 1.82) is 0 Å². The van der Waals surface area contributed by atoms with Crippen LogP contribution in [0, 0.1) is 6.92 Å². The molecular formula is C20H19BrClN3O. The topological polar surface area (TPSA) is 45.2 Å². The number of hydrogen-bond acceptors (Lipinski definition) is 3. The second-order valence-electron chi connectivity index (χ2n) is 6.31. The Hall–Kier alpha value is -1.95. The SMILES string of the molecule is Cc1cc(Br)ccc1NC(=O)CN(C)Cc1cc2ccccc2nc1Cl. The summed E-state index contributed by atoms with van der Waals surface area (Å²) in [6, 6.07) is 15.6. The summed E-state index contributed by atoms with van der Waals surface area (Å²) in [6.45, 7) is 2.77. The van der Waals surface area contributed by atoms with E-state index in [2.05, 4.69) is 26.2 Å². The van der Waals surface area contributed by atoms with E-state index in [1.54, 1.807) is 0 Å². The molecule has 1 amide bonds. The van der Waals surface area contributed by atoms with Crippen LogP contribution in [0.15, 0.2) is 53.0 Å². The highest BCUT2D eigenvalue weighted by atomic mass is 79.9. The molecule has 1 heterocycles. The number of hydrogen-bond donors (Lipinski definition) is 1. The van der Waals surface area contributed by atoms with Gasteiger partial charge in [0, 0.05) is 27.7 Å². The van der Waals surface area contributed by atoms with E-state index in [0.29, 0.717) is 11.7 Å². The van der Waals surface area contributed by atoms with Crippen molar-refractivity contribution in [1.82, 2.24) is 9.88 Å². The first-order chi connectivity index (χ1) is 12.4. The predicted octanol–water partition coefficient (Wildman–Crippen LogP) is 5.03. The van der Waals surface area contributed by atoms with Crippen LogP contribution in [-0.2, 0) is 11.3 Å². The van der Waals surface area contributed by atoms with Crippen molar-refractivity contribution in [3.05, 3.63) is 69.3 Å². The standard InChI is InChI=1S/C20H19BrClN3O/c1-13-9-16(21)7-8-17(13)23-19(26)12-25(2)11-15-10-14-5-3-4-6-18(14)24-20(15)22/h3-10H,11-12H2,1-2H3,(H,23,26). The zero-order valence-electron chi connectivity index (χ0n) is 14.6. The lowest BCUT2D eigenvalue weighted by Gasteiger charge is -2.18. The number of para-hydroxylation sites is 1. The van der Waals surface area contributed by atoms with Gasteiger partial charge in [-0.1, -0.05) is 45.7 Å². The van der Waals surface area contributed by atoms with Crippen LogP contribution in [0.5, 0.6) is 0 Å². The molecule has 4 nitrogen and oxygen atoms in total. The van der Waals surface area contributed by atoms with Gasteiger partial charge in [-0.05, 0) is 49.9 Å². The van der Waals surface area contributed by atoms with E-state index < -0.39 is 0 Å². The third-order valence-corrected chi connectivity index (χ3v) is 4.89. The first kappa shape index (κ1) is 18.8. The molecule has 1 N–H and O–H groups in total. The molecule has 0 aliphatic carbocycles. The van der Waals surface area contributed by atoms with Gasteiger partial charge in [-0.25, -0.2) is 4.98 Å². The summed E-state index contributed by atoms with van der Waals surface area (Å²) in [5.41, 5.74) is 3.60. The first-order valence-corrected chi connectivity index (χ1v) is 9.38. The number of rotatable bonds is 5. The fraction of sp³-hybridized carbons (Fsp3) is 0.200. The maximum absolute atomic E-state index is 12.3. The van der Waals surface area contributed by atoms with Gasteiger partial charge in [-0.15, -0.1) is 0 Å². The van der Waals surface area contributed by atoms with Crippen LogP contribution in [0.2, 0.25) is 5.15 Å². The number of nitrogens with one attached hydrogen (secondary N) is 1. The Bertz CT molecular complexity index is 961. The van der Waals surface area contributed by atoms with Gasteiger partial charge >= 0.3 is 0 Å². The number of amides is 1. The fourth-order valence-corrected chi connectivity index (χ4v) is 3.48. The van der Waals surface area contributed by atoms with Crippen LogP contribution < -0.4 is 5.32 Å². The highest BCUT2D eigenvalue weighted by Gasteiger charge is 2.12. The second kappa shape index (κ2) is 8.16. The molecule has 3 aromatic rings. The lowest BCUT2D eigenvalue weighted by Crippen LogP contribution is -2.30. The average molecular weight is 433 g/mol. The second-order valence-corrected chi connectivity index (χ2v) is 7.58. The van der Waals surface area contributed by atoms with Crippen molar-refractivity contribution in [3.8, 4) is 0 Å². The van der Waals surface area contributed by atoms with Crippen LogP contribution in [0.3, 0.4) is 0 Å². The molecule has 0 radical (unpaired) electrons. The van der Waals surface area contributed by atoms with E-state index in [1.807, 2.05) is 67.4 Å². The molecule has 0 unspecified atom stereocenters. The molecular weight excluding hydrogens is 414 g/mol. The number of aryl methyl sites for hydroxylation is 1. The molecule has 2 aromatic carbocycles. The number of benzene rings is 2. The van der Waals surface area contributed by atoms with Crippen LogP contribution in [0.25, 0.3) is 10.9 Å². The average Bonchev–Trinajstić information content (AvgIpc) is 2.58. The summed E-state index contributed by atoms with van der Waals surface area (Å²) in [5.74, 6) is -0.0669. The van der Waals surface area contributed by atoms with Crippen molar-refractivity contribution in [2.24, 2.45) is 0 Å². The van der Waals surface area contributed by atoms with Crippen LogP contribution >= 0.6 is 27.5 Å². The van der Waals surface area contributed by atoms with Gasteiger partial charge in [0.15, 0.2) is 0 Å². The van der Waals surface area contributed by atoms with Crippen LogP contribution in [0.4, 0.5) is 5.69 Å². The number of halogens is 2. The Morgan fingerprint density at radius 3 is 2.77 bits per heavy atom. The number of nitrogens with zero attached hydrogens (tertiary/aromatic N) is 2. The number of aromatic nitrogens is 1. The van der Waals surface area contributed by atoms with E-state index >= 15 is 0 Å². The molecule has 0 atom stereocenters. The minimum absolute atomic E-state index is 0.0669. The van der Waals surface area contributed by atoms with Crippen molar-refractivity contribution in [2.45, 2.75) is 13.5 Å². The molecule has 3 rings (SSSR count). The highest BCUT2D eigenvalue weighted by molar-refractivity contribution is 9.10. The molecule has 134 valence electrons. The zero-order chi connectivity index (χ0) is 18.7. The summed E-state index contributed by atoms with van der Waals surface area (Å²) >= 11 is 9.73. The van der Waals surface area contributed by atoms with E-state index in [0.717, 1.165) is 32.2 Å². The molecule has 1 aromatic heterocycles. The highest BCUT2D eigenvalue weighted by Crippen LogP contribution is 2.22. The van der Waals surface area contributed by atoms with Crippen molar-refractivity contribution >= 4 is 50.0 Å². The minimum atomic E-state index is -0.0669. The van der Waals surface area contributed by atoms with E-state index in [9.17, 15) is 4.79 Å². The number of likely N-dealkylation sites (N-methyl/N-ethyl adjacent to an activating group) is 1. The van der Waals surface area contributed by atoms with Crippen LogP contribution in [0.1, 0.15) is 11.1 Å². The lowest BCUT2D eigenvalue weighted by atomic mass is 10.1. The van der Waals surface area contributed by atoms with E-state index in [4.69, 9.17) is 11.6 Å². The summed E-state index contributed by atoms with van der Waals surface area (Å²) in [4.78, 5) is 18.7. The van der Waals surface area contributed by atoms with Crippen LogP contribution in [-0.4, -0.2) is 29.4 Å². The summed E-state index contributed by atoms with van der Waals surface area (Å²) in [5, 5.41) is 4.46. The smallest absolute Gasteiger partial charge is 0.238 e. The molecule has 0 saturated carbocycles. The molecule has 0 aliphatic rings. The summed E-state index contributed by atoms with van der Waals surface area (Å²) in [7, 11) is 1.89. The minimum Gasteiger partial charge on any atom is -0.325 e. The normalized spacial score (nSPS) is 11.1. The van der Waals surface area contributed by atoms with E-state index in [1.165, 1.54) is 0 Å². The van der Waals surface area contributed by atoms with Gasteiger partial charge in [0.05, 0.1) is 12.1 Å². The maximum Gasteiger partial charge on any atom is 0.238 e. The summed E-state index contributed by atoms with van der Waals surface area (Å²) in [6.07, 6.45) is 0. The van der Waals surface area contributed by atoms with Gasteiger partial charge in [-0.2, -0.15) is 0 Å². The number of anilines is 1. The monoisotopic (exact) mass is 431 g/mol. The Morgan fingerprint density at radius 2 is 2.00 bits per heavy atom. The van der Waals surface area contributed by atoms with Crippen molar-refractivity contribution < 1.29 is 4.79 Å². The number of carbonyl (C=O) groups is 1. The van der Waals surface area contributed by atoms with Crippen molar-refractivity contribution in [3.63, 3.8) is 0 Å². The molecule has 0 fully saturated rings. The fourth-order valence-electron chi connectivity index (χ4n) is 2.80. The maximum atomic E-state index is 12.3. The Labute approximate surface area is 166 Å². The van der Waals surface area contributed by atoms with Gasteiger partial charge < -0.3 is 5.32 Å². The van der Waals surface area contributed by atoms with Gasteiger partial charge in [0.2, 0.25) is 5.91 Å². The number of fused-ring (bicyclic) bond motifs is 1. The van der Waals surface area contributed by atoms with Gasteiger partial charge in [0.1, 0.15) is 5.15 Å². The Balaban J connectivity index is 1.65. The molecule has 6 heteroatoms. The number of carbonyl (C=O) groups excluding carboxylic acids is 1. The van der Waals surface area contributed by atoms with Gasteiger partial charge in [0.25, 0.3) is 0 Å². The first-order valence-electron chi connectivity index (χ1n) is 8.21. The third-order valence-electron chi connectivity index (χ3n) is 4.07. The van der Waals surface area contributed by atoms with E-state index in [-0.39, 0.29) is 12.5 Å². The van der Waals surface area contributed by atoms with Gasteiger partial charge in [-0.3, -0.25) is 9.69 Å². The molecule has 26 heavy (non-hydrogen) atoms. The molecule has 0 bridgehead atoms. The Morgan fingerprint density at radius 1 is 1.23 bits per heavy atom. The predicted molar refractivity (Wildman–Crippen MR) is 111 cm³/mol. The quantitative estimate of drug-likeness (QED) is 0.575. The molecule has 0 spiro atoms. The summed E-state index contributed by atoms with van der Waals surface area (Å²) < 4.78 is 0.989. The molecule has 0 aliphatic heterocycles. The van der Waals surface area contributed by atoms with Crippen molar-refractivity contribution in [2.75, 3.05) is 18.9 Å². The molecule has 0 saturated heterocycles. The number of pyridine rings is 1. The Kier molecular flexibility index (Phi) is 5.91. The zero-order valence-corrected chi connectivity index (χ0v) is 16.9.